The lowest BCUT2D eigenvalue weighted by Crippen LogP contribution is -2.36. The van der Waals surface area contributed by atoms with E-state index >= 15 is 0 Å². The number of carbonyl (C=O) groups is 1. The second kappa shape index (κ2) is 7.81. The number of carbonyl (C=O) groups excluding carboxylic acids is 1. The van der Waals surface area contributed by atoms with E-state index in [1.807, 2.05) is 48.7 Å². The van der Waals surface area contributed by atoms with Crippen LogP contribution in [0, 0.1) is 6.92 Å². The highest BCUT2D eigenvalue weighted by atomic mass is 35.5. The molecule has 1 amide bonds. The number of aryl methyl sites for hydroxylation is 2. The van der Waals surface area contributed by atoms with Crippen molar-refractivity contribution in [3.8, 4) is 0 Å². The van der Waals surface area contributed by atoms with Crippen LogP contribution in [-0.2, 0) is 11.3 Å². The molecule has 0 radical (unpaired) electrons. The van der Waals surface area contributed by atoms with Crippen molar-refractivity contribution in [2.45, 2.75) is 20.4 Å². The van der Waals surface area contributed by atoms with Gasteiger partial charge in [-0.05, 0) is 49.7 Å². The summed E-state index contributed by atoms with van der Waals surface area (Å²) in [4.78, 5) is 19.7. The Hall–Kier alpha value is -2.57. The summed E-state index contributed by atoms with van der Waals surface area (Å²) in [7, 11) is 0. The Morgan fingerprint density at radius 1 is 1.25 bits per heavy atom. The van der Waals surface area contributed by atoms with Crippen molar-refractivity contribution in [2.75, 3.05) is 36.5 Å². The molecule has 7 heteroatoms. The van der Waals surface area contributed by atoms with Gasteiger partial charge in [0, 0.05) is 35.6 Å². The van der Waals surface area contributed by atoms with Crippen LogP contribution in [0.3, 0.4) is 0 Å². The van der Waals surface area contributed by atoms with Crippen LogP contribution in [0.2, 0.25) is 5.02 Å². The second-order valence-electron chi connectivity index (χ2n) is 6.84. The molecule has 4 rings (SSSR count). The zero-order valence-electron chi connectivity index (χ0n) is 16.0. The molecule has 3 heterocycles. The fraction of sp³-hybridized carbons (Fsp3) is 0.333. The summed E-state index contributed by atoms with van der Waals surface area (Å²) in [6.45, 7) is 7.77. The minimum atomic E-state index is -0.146. The van der Waals surface area contributed by atoms with Crippen LogP contribution in [0.4, 0.5) is 11.5 Å². The highest BCUT2D eigenvalue weighted by Crippen LogP contribution is 2.29. The van der Waals surface area contributed by atoms with Gasteiger partial charge in [0.15, 0.2) is 0 Å². The maximum Gasteiger partial charge on any atom is 0.272 e. The van der Waals surface area contributed by atoms with Crippen molar-refractivity contribution in [3.63, 3.8) is 0 Å². The number of hydrogen-bond donors (Lipinski definition) is 1. The smallest absolute Gasteiger partial charge is 0.272 e. The van der Waals surface area contributed by atoms with Gasteiger partial charge in [0.05, 0.1) is 25.1 Å². The molecule has 3 aromatic rings. The molecule has 0 saturated carbocycles. The van der Waals surface area contributed by atoms with Gasteiger partial charge in [-0.25, -0.2) is 4.98 Å². The summed E-state index contributed by atoms with van der Waals surface area (Å²) < 4.78 is 7.39. The molecule has 0 atom stereocenters. The van der Waals surface area contributed by atoms with Crippen LogP contribution < -0.4 is 10.2 Å². The van der Waals surface area contributed by atoms with Gasteiger partial charge < -0.3 is 19.5 Å². The molecule has 1 aliphatic rings. The lowest BCUT2D eigenvalue weighted by molar-refractivity contribution is 0.101. The van der Waals surface area contributed by atoms with Crippen molar-refractivity contribution in [2.24, 2.45) is 0 Å². The zero-order valence-corrected chi connectivity index (χ0v) is 16.8. The average molecular weight is 399 g/mol. The van der Waals surface area contributed by atoms with Gasteiger partial charge in [-0.2, -0.15) is 0 Å². The van der Waals surface area contributed by atoms with Crippen LogP contribution in [0.5, 0.6) is 0 Å². The lowest BCUT2D eigenvalue weighted by Gasteiger charge is -2.27. The van der Waals surface area contributed by atoms with Gasteiger partial charge in [0.1, 0.15) is 11.5 Å². The molecule has 1 saturated heterocycles. The molecule has 28 heavy (non-hydrogen) atoms. The van der Waals surface area contributed by atoms with Gasteiger partial charge in [0.25, 0.3) is 5.91 Å². The largest absolute Gasteiger partial charge is 0.378 e. The standard InChI is InChI=1S/C21H23ClN4O2/c1-3-26-18-6-4-15(22)12-17(18)14(2)20(26)21(27)24-16-5-7-19(23-13-16)25-8-10-28-11-9-25/h4-7,12-13H,3,8-11H2,1-2H3,(H,24,27). The molecule has 0 bridgehead atoms. The third-order valence-electron chi connectivity index (χ3n) is 5.15. The monoisotopic (exact) mass is 398 g/mol. The molecule has 0 spiro atoms. The third kappa shape index (κ3) is 3.45. The molecule has 1 aromatic carbocycles. The molecular weight excluding hydrogens is 376 g/mol. The van der Waals surface area contributed by atoms with Gasteiger partial charge in [0.2, 0.25) is 0 Å². The summed E-state index contributed by atoms with van der Waals surface area (Å²) in [5.74, 6) is 0.752. The SMILES string of the molecule is CCn1c(C(=O)Nc2ccc(N3CCOCC3)nc2)c(C)c2cc(Cl)ccc21. The number of benzene rings is 1. The highest BCUT2D eigenvalue weighted by Gasteiger charge is 2.20. The summed E-state index contributed by atoms with van der Waals surface area (Å²) in [6.07, 6.45) is 1.70. The van der Waals surface area contributed by atoms with Gasteiger partial charge in [-0.15, -0.1) is 0 Å². The number of pyridine rings is 1. The molecule has 0 aliphatic carbocycles. The maximum atomic E-state index is 13.0. The number of morpholine rings is 1. The van der Waals surface area contributed by atoms with E-state index in [-0.39, 0.29) is 5.91 Å². The van der Waals surface area contributed by atoms with E-state index < -0.39 is 0 Å². The second-order valence-corrected chi connectivity index (χ2v) is 7.27. The number of rotatable bonds is 4. The molecule has 1 N–H and O–H groups in total. The van der Waals surface area contributed by atoms with Crippen molar-refractivity contribution < 1.29 is 9.53 Å². The maximum absolute atomic E-state index is 13.0. The number of hydrogen-bond acceptors (Lipinski definition) is 4. The molecule has 146 valence electrons. The van der Waals surface area contributed by atoms with E-state index in [0.29, 0.717) is 36.2 Å². The van der Waals surface area contributed by atoms with Crippen LogP contribution >= 0.6 is 11.6 Å². The Morgan fingerprint density at radius 3 is 2.71 bits per heavy atom. The minimum Gasteiger partial charge on any atom is -0.378 e. The Morgan fingerprint density at radius 2 is 2.04 bits per heavy atom. The van der Waals surface area contributed by atoms with Crippen molar-refractivity contribution in [1.29, 1.82) is 0 Å². The number of nitrogens with one attached hydrogen (secondary N) is 1. The molecule has 1 fully saturated rings. The lowest BCUT2D eigenvalue weighted by atomic mass is 10.1. The third-order valence-corrected chi connectivity index (χ3v) is 5.39. The number of amides is 1. The van der Waals surface area contributed by atoms with E-state index in [9.17, 15) is 4.79 Å². The van der Waals surface area contributed by atoms with Crippen LogP contribution in [0.15, 0.2) is 36.5 Å². The molecule has 2 aromatic heterocycles. The number of anilines is 2. The molecule has 6 nitrogen and oxygen atoms in total. The molecular formula is C21H23ClN4O2. The Bertz CT molecular complexity index is 1010. The summed E-state index contributed by atoms with van der Waals surface area (Å²) >= 11 is 6.15. The first-order valence-corrected chi connectivity index (χ1v) is 9.84. The Kier molecular flexibility index (Phi) is 5.24. The number of fused-ring (bicyclic) bond motifs is 1. The summed E-state index contributed by atoms with van der Waals surface area (Å²) in [5, 5.41) is 4.65. The Balaban J connectivity index is 1.59. The number of aromatic nitrogens is 2. The quantitative estimate of drug-likeness (QED) is 0.718. The molecule has 0 unspecified atom stereocenters. The predicted octanol–water partition coefficient (Wildman–Crippen LogP) is 4.11. The van der Waals surface area contributed by atoms with E-state index in [4.69, 9.17) is 16.3 Å². The van der Waals surface area contributed by atoms with Crippen LogP contribution in [0.25, 0.3) is 10.9 Å². The van der Waals surface area contributed by atoms with Gasteiger partial charge in [-0.3, -0.25) is 4.79 Å². The fourth-order valence-corrected chi connectivity index (χ4v) is 3.92. The van der Waals surface area contributed by atoms with E-state index in [1.165, 1.54) is 0 Å². The topological polar surface area (TPSA) is 59.4 Å². The normalized spacial score (nSPS) is 14.5. The van der Waals surface area contributed by atoms with Gasteiger partial charge >= 0.3 is 0 Å². The minimum absolute atomic E-state index is 0.146. The van der Waals surface area contributed by atoms with Crippen molar-refractivity contribution in [1.82, 2.24) is 9.55 Å². The number of ether oxygens (including phenoxy) is 1. The van der Waals surface area contributed by atoms with Crippen LogP contribution in [-0.4, -0.2) is 41.8 Å². The predicted molar refractivity (Wildman–Crippen MR) is 113 cm³/mol. The van der Waals surface area contributed by atoms with Crippen molar-refractivity contribution in [3.05, 3.63) is 52.8 Å². The number of halogens is 1. The molecule has 1 aliphatic heterocycles. The Labute approximate surface area is 169 Å². The first-order chi connectivity index (χ1) is 13.6. The van der Waals surface area contributed by atoms with Crippen LogP contribution in [0.1, 0.15) is 23.0 Å². The van der Waals surface area contributed by atoms with E-state index in [1.54, 1.807) is 6.20 Å². The highest BCUT2D eigenvalue weighted by molar-refractivity contribution is 6.31. The van der Waals surface area contributed by atoms with Gasteiger partial charge in [-0.1, -0.05) is 11.6 Å². The summed E-state index contributed by atoms with van der Waals surface area (Å²) in [6, 6.07) is 9.55. The van der Waals surface area contributed by atoms with E-state index in [0.717, 1.165) is 35.4 Å². The van der Waals surface area contributed by atoms with E-state index in [2.05, 4.69) is 15.2 Å². The average Bonchev–Trinajstić information content (AvgIpc) is 3.00. The fourth-order valence-electron chi connectivity index (χ4n) is 3.75. The number of nitrogens with zero attached hydrogens (tertiary/aromatic N) is 3. The first-order valence-electron chi connectivity index (χ1n) is 9.47. The zero-order chi connectivity index (χ0) is 19.7. The summed E-state index contributed by atoms with van der Waals surface area (Å²) in [5.41, 5.74) is 3.26. The first kappa shape index (κ1) is 18.8. The van der Waals surface area contributed by atoms with Crippen molar-refractivity contribution >= 4 is 39.9 Å².